The molecule has 0 N–H and O–H groups in total. The molecule has 2 aromatic rings. The minimum Gasteiger partial charge on any atom is -0.494 e. The van der Waals surface area contributed by atoms with Crippen molar-refractivity contribution >= 4 is 11.8 Å². The lowest BCUT2D eigenvalue weighted by atomic mass is 9.95. The van der Waals surface area contributed by atoms with Gasteiger partial charge >= 0.3 is 0 Å². The van der Waals surface area contributed by atoms with Crippen LogP contribution < -0.4 is 4.74 Å². The van der Waals surface area contributed by atoms with E-state index >= 15 is 0 Å². The van der Waals surface area contributed by atoms with Crippen LogP contribution in [0, 0.1) is 5.92 Å². The van der Waals surface area contributed by atoms with Crippen LogP contribution in [-0.4, -0.2) is 48.4 Å². The Labute approximate surface area is 173 Å². The molecule has 2 amide bonds. The maximum Gasteiger partial charge on any atom is 0.227 e. The van der Waals surface area contributed by atoms with Crippen LogP contribution >= 0.6 is 0 Å². The molecule has 0 bridgehead atoms. The summed E-state index contributed by atoms with van der Waals surface area (Å²) in [5, 5.41) is 0. The number of hydrogen-bond donors (Lipinski definition) is 0. The van der Waals surface area contributed by atoms with Gasteiger partial charge in [0.1, 0.15) is 5.75 Å². The second-order valence-electron chi connectivity index (χ2n) is 7.61. The van der Waals surface area contributed by atoms with Crippen molar-refractivity contribution in [3.05, 3.63) is 65.7 Å². The second kappa shape index (κ2) is 10.1. The molecule has 1 unspecified atom stereocenters. The molecule has 5 nitrogen and oxygen atoms in total. The molecule has 1 saturated heterocycles. The van der Waals surface area contributed by atoms with E-state index in [1.165, 1.54) is 0 Å². The SMILES string of the molecule is CCOc1ccc(CN(C)C(=O)C2CCCN(C(=O)Cc3ccccc3)C2)cc1. The number of benzene rings is 2. The molecule has 2 aromatic carbocycles. The van der Waals surface area contributed by atoms with E-state index in [2.05, 4.69) is 0 Å². The third-order valence-corrected chi connectivity index (χ3v) is 5.35. The highest BCUT2D eigenvalue weighted by atomic mass is 16.5. The maximum atomic E-state index is 13.0. The molecular formula is C24H30N2O3. The molecule has 0 spiro atoms. The molecule has 154 valence electrons. The third kappa shape index (κ3) is 5.83. The third-order valence-electron chi connectivity index (χ3n) is 5.35. The van der Waals surface area contributed by atoms with Gasteiger partial charge in [-0.05, 0) is 43.0 Å². The summed E-state index contributed by atoms with van der Waals surface area (Å²) in [5.74, 6) is 0.917. The molecule has 1 atom stereocenters. The average Bonchev–Trinajstić information content (AvgIpc) is 2.75. The summed E-state index contributed by atoms with van der Waals surface area (Å²) in [6.07, 6.45) is 2.10. The molecule has 29 heavy (non-hydrogen) atoms. The lowest BCUT2D eigenvalue weighted by molar-refractivity contribution is -0.140. The van der Waals surface area contributed by atoms with Gasteiger partial charge in [-0.25, -0.2) is 0 Å². The summed E-state index contributed by atoms with van der Waals surface area (Å²) in [7, 11) is 1.84. The van der Waals surface area contributed by atoms with E-state index in [1.807, 2.05) is 73.5 Å². The summed E-state index contributed by atoms with van der Waals surface area (Å²) in [5.41, 5.74) is 2.08. The number of carbonyl (C=O) groups excluding carboxylic acids is 2. The number of piperidine rings is 1. The molecule has 1 fully saturated rings. The molecular weight excluding hydrogens is 364 g/mol. The van der Waals surface area contributed by atoms with Crippen molar-refractivity contribution in [3.8, 4) is 5.75 Å². The van der Waals surface area contributed by atoms with Crippen LogP contribution in [0.3, 0.4) is 0 Å². The Morgan fingerprint density at radius 1 is 1.07 bits per heavy atom. The first-order valence-corrected chi connectivity index (χ1v) is 10.3. The number of nitrogens with zero attached hydrogens (tertiary/aromatic N) is 2. The van der Waals surface area contributed by atoms with Crippen molar-refractivity contribution in [2.75, 3.05) is 26.7 Å². The predicted octanol–water partition coefficient (Wildman–Crippen LogP) is 3.53. The molecule has 1 aliphatic heterocycles. The van der Waals surface area contributed by atoms with Crippen LogP contribution in [0.5, 0.6) is 5.75 Å². The Hall–Kier alpha value is -2.82. The fourth-order valence-electron chi connectivity index (χ4n) is 3.81. The van der Waals surface area contributed by atoms with Crippen LogP contribution in [0.1, 0.15) is 30.9 Å². The van der Waals surface area contributed by atoms with Gasteiger partial charge in [0.15, 0.2) is 0 Å². The van der Waals surface area contributed by atoms with Crippen LogP contribution in [0.4, 0.5) is 0 Å². The van der Waals surface area contributed by atoms with Crippen molar-refractivity contribution in [3.63, 3.8) is 0 Å². The molecule has 0 saturated carbocycles. The smallest absolute Gasteiger partial charge is 0.227 e. The highest BCUT2D eigenvalue weighted by Gasteiger charge is 2.30. The fraction of sp³-hybridized carbons (Fsp3) is 0.417. The molecule has 1 heterocycles. The molecule has 1 aliphatic rings. The average molecular weight is 395 g/mol. The first-order valence-electron chi connectivity index (χ1n) is 10.3. The number of likely N-dealkylation sites (tertiary alicyclic amines) is 1. The highest BCUT2D eigenvalue weighted by Crippen LogP contribution is 2.21. The summed E-state index contributed by atoms with van der Waals surface area (Å²) in [6, 6.07) is 17.6. The number of carbonyl (C=O) groups is 2. The summed E-state index contributed by atoms with van der Waals surface area (Å²) in [4.78, 5) is 29.3. The van der Waals surface area contributed by atoms with E-state index in [1.54, 1.807) is 4.90 Å². The zero-order valence-corrected chi connectivity index (χ0v) is 17.3. The van der Waals surface area contributed by atoms with E-state index in [-0.39, 0.29) is 17.7 Å². The van der Waals surface area contributed by atoms with E-state index in [4.69, 9.17) is 4.74 Å². The van der Waals surface area contributed by atoms with Gasteiger partial charge < -0.3 is 14.5 Å². The number of amides is 2. The Kier molecular flexibility index (Phi) is 7.28. The van der Waals surface area contributed by atoms with Crippen molar-refractivity contribution in [1.82, 2.24) is 9.80 Å². The van der Waals surface area contributed by atoms with Crippen LogP contribution in [0.25, 0.3) is 0 Å². The quantitative estimate of drug-likeness (QED) is 0.722. The van der Waals surface area contributed by atoms with E-state index < -0.39 is 0 Å². The van der Waals surface area contributed by atoms with Crippen LogP contribution in [-0.2, 0) is 22.6 Å². The largest absolute Gasteiger partial charge is 0.494 e. The highest BCUT2D eigenvalue weighted by molar-refractivity contribution is 5.82. The van der Waals surface area contributed by atoms with Crippen molar-refractivity contribution in [1.29, 1.82) is 0 Å². The summed E-state index contributed by atoms with van der Waals surface area (Å²) < 4.78 is 5.47. The van der Waals surface area contributed by atoms with Gasteiger partial charge in [0, 0.05) is 26.7 Å². The van der Waals surface area contributed by atoms with Crippen LogP contribution in [0.15, 0.2) is 54.6 Å². The Bertz CT molecular complexity index is 805. The number of rotatable bonds is 7. The second-order valence-corrected chi connectivity index (χ2v) is 7.61. The van der Waals surface area contributed by atoms with E-state index in [9.17, 15) is 9.59 Å². The lowest BCUT2D eigenvalue weighted by Crippen LogP contribution is -2.46. The Morgan fingerprint density at radius 3 is 2.48 bits per heavy atom. The van der Waals surface area contributed by atoms with E-state index in [0.717, 1.165) is 36.3 Å². The van der Waals surface area contributed by atoms with Gasteiger partial charge in [-0.1, -0.05) is 42.5 Å². The Morgan fingerprint density at radius 2 is 1.79 bits per heavy atom. The standard InChI is InChI=1S/C24H30N2O3/c1-3-29-22-13-11-20(12-14-22)17-25(2)24(28)21-10-7-15-26(18-21)23(27)16-19-8-5-4-6-9-19/h4-6,8-9,11-14,21H,3,7,10,15-18H2,1-2H3. The van der Waals surface area contributed by atoms with Crippen LogP contribution in [0.2, 0.25) is 0 Å². The molecule has 0 aromatic heterocycles. The lowest BCUT2D eigenvalue weighted by Gasteiger charge is -2.34. The number of ether oxygens (including phenoxy) is 1. The predicted molar refractivity (Wildman–Crippen MR) is 114 cm³/mol. The minimum absolute atomic E-state index is 0.0999. The first-order chi connectivity index (χ1) is 14.1. The van der Waals surface area contributed by atoms with Crippen molar-refractivity contribution in [2.24, 2.45) is 5.92 Å². The molecule has 0 radical (unpaired) electrons. The molecule has 3 rings (SSSR count). The summed E-state index contributed by atoms with van der Waals surface area (Å²) >= 11 is 0. The van der Waals surface area contributed by atoms with Gasteiger partial charge in [0.2, 0.25) is 11.8 Å². The normalized spacial score (nSPS) is 16.3. The van der Waals surface area contributed by atoms with Gasteiger partial charge in [-0.3, -0.25) is 9.59 Å². The van der Waals surface area contributed by atoms with Gasteiger partial charge in [0.25, 0.3) is 0 Å². The fourth-order valence-corrected chi connectivity index (χ4v) is 3.81. The van der Waals surface area contributed by atoms with Crippen molar-refractivity contribution in [2.45, 2.75) is 32.7 Å². The van der Waals surface area contributed by atoms with Crippen molar-refractivity contribution < 1.29 is 14.3 Å². The molecule has 0 aliphatic carbocycles. The zero-order valence-electron chi connectivity index (χ0n) is 17.3. The maximum absolute atomic E-state index is 13.0. The Balaban J connectivity index is 1.54. The van der Waals surface area contributed by atoms with Gasteiger partial charge in [-0.15, -0.1) is 0 Å². The number of hydrogen-bond acceptors (Lipinski definition) is 3. The molecule has 5 heteroatoms. The van der Waals surface area contributed by atoms with E-state index in [0.29, 0.717) is 26.1 Å². The summed E-state index contributed by atoms with van der Waals surface area (Å²) in [6.45, 7) is 4.40. The zero-order chi connectivity index (χ0) is 20.6. The monoisotopic (exact) mass is 394 g/mol. The van der Waals surface area contributed by atoms with Gasteiger partial charge in [-0.2, -0.15) is 0 Å². The van der Waals surface area contributed by atoms with Gasteiger partial charge in [0.05, 0.1) is 18.9 Å². The minimum atomic E-state index is -0.129. The topological polar surface area (TPSA) is 49.9 Å². The first kappa shape index (κ1) is 20.9.